The maximum Gasteiger partial charge on any atom is 0.243 e. The third-order valence-corrected chi connectivity index (χ3v) is 8.62. The van der Waals surface area contributed by atoms with Crippen molar-refractivity contribution in [1.82, 2.24) is 24.7 Å². The standard InChI is InChI=1S/C24H31ClN6O5S/c1-14(21-26-11-17(25)12-27-21)15(2)37(32,33)30-23-29-28-22(16-10-24(3,4)36-13-16)31(23)20-18(34-5)8-7-9-19(20)35-6/h7-9,11-12,14-16H,10,13H2,1-6H3,(H,29,30)/t14-,15-,16+/m0/s1. The van der Waals surface area contributed by atoms with E-state index in [1.165, 1.54) is 26.6 Å². The third-order valence-electron chi connectivity index (χ3n) is 6.57. The van der Waals surface area contributed by atoms with Crippen LogP contribution in [-0.2, 0) is 14.8 Å². The first-order chi connectivity index (χ1) is 17.5. The van der Waals surface area contributed by atoms with Crippen LogP contribution in [0, 0.1) is 0 Å². The van der Waals surface area contributed by atoms with Crippen LogP contribution in [-0.4, -0.2) is 64.8 Å². The van der Waals surface area contributed by atoms with Crippen LogP contribution in [0.25, 0.3) is 5.69 Å². The van der Waals surface area contributed by atoms with Gasteiger partial charge in [0, 0.05) is 24.2 Å². The molecule has 2 aromatic heterocycles. The maximum atomic E-state index is 13.5. The molecule has 11 nitrogen and oxygen atoms in total. The fraction of sp³-hybridized carbons (Fsp3) is 0.500. The van der Waals surface area contributed by atoms with E-state index < -0.39 is 21.2 Å². The number of rotatable bonds is 9. The maximum absolute atomic E-state index is 13.5. The van der Waals surface area contributed by atoms with Crippen LogP contribution >= 0.6 is 11.6 Å². The molecule has 1 aliphatic rings. The van der Waals surface area contributed by atoms with Gasteiger partial charge in [0.15, 0.2) is 0 Å². The van der Waals surface area contributed by atoms with E-state index >= 15 is 0 Å². The Morgan fingerprint density at radius 1 is 1.14 bits per heavy atom. The Morgan fingerprint density at radius 2 is 1.76 bits per heavy atom. The number of sulfonamides is 1. The lowest BCUT2D eigenvalue weighted by Crippen LogP contribution is -2.31. The number of nitrogens with one attached hydrogen (secondary N) is 1. The van der Waals surface area contributed by atoms with Gasteiger partial charge in [-0.25, -0.2) is 18.4 Å². The molecule has 0 spiro atoms. The largest absolute Gasteiger partial charge is 0.494 e. The van der Waals surface area contributed by atoms with Gasteiger partial charge in [-0.2, -0.15) is 0 Å². The summed E-state index contributed by atoms with van der Waals surface area (Å²) >= 11 is 5.89. The van der Waals surface area contributed by atoms with E-state index in [4.69, 9.17) is 25.8 Å². The molecule has 1 fully saturated rings. The lowest BCUT2D eigenvalue weighted by Gasteiger charge is -2.22. The molecule has 37 heavy (non-hydrogen) atoms. The second kappa shape index (κ2) is 10.4. The molecule has 0 aliphatic carbocycles. The van der Waals surface area contributed by atoms with Crippen molar-refractivity contribution in [3.05, 3.63) is 47.3 Å². The summed E-state index contributed by atoms with van der Waals surface area (Å²) in [4.78, 5) is 8.37. The molecule has 3 aromatic rings. The molecule has 3 heterocycles. The molecular weight excluding hydrogens is 520 g/mol. The molecule has 0 saturated carbocycles. The van der Waals surface area contributed by atoms with Gasteiger partial charge in [-0.15, -0.1) is 10.2 Å². The molecule has 13 heteroatoms. The second-order valence-electron chi connectivity index (χ2n) is 9.60. The Morgan fingerprint density at radius 3 is 2.30 bits per heavy atom. The fourth-order valence-corrected chi connectivity index (χ4v) is 5.69. The van der Waals surface area contributed by atoms with Gasteiger partial charge in [0.1, 0.15) is 28.8 Å². The first-order valence-electron chi connectivity index (χ1n) is 11.8. The van der Waals surface area contributed by atoms with E-state index in [0.717, 1.165) is 0 Å². The number of anilines is 1. The van der Waals surface area contributed by atoms with Gasteiger partial charge in [0.2, 0.25) is 16.0 Å². The van der Waals surface area contributed by atoms with Crippen LogP contribution < -0.4 is 14.2 Å². The Hall–Kier alpha value is -2.96. The quantitative estimate of drug-likeness (QED) is 0.420. The molecule has 0 amide bonds. The molecule has 1 aliphatic heterocycles. The monoisotopic (exact) mass is 550 g/mol. The van der Waals surface area contributed by atoms with Crippen molar-refractivity contribution in [2.75, 3.05) is 25.5 Å². The zero-order valence-electron chi connectivity index (χ0n) is 21.6. The Bertz CT molecular complexity index is 1340. The number of hydrogen-bond acceptors (Lipinski definition) is 9. The van der Waals surface area contributed by atoms with E-state index in [0.29, 0.717) is 46.9 Å². The molecule has 0 unspecified atom stereocenters. The summed E-state index contributed by atoms with van der Waals surface area (Å²) in [7, 11) is -0.910. The molecule has 200 valence electrons. The normalized spacial score (nSPS) is 18.8. The van der Waals surface area contributed by atoms with Crippen molar-refractivity contribution in [2.45, 2.75) is 56.8 Å². The van der Waals surface area contributed by atoms with Crippen LogP contribution in [0.15, 0.2) is 30.6 Å². The molecule has 1 saturated heterocycles. The van der Waals surface area contributed by atoms with Gasteiger partial charge in [0.25, 0.3) is 0 Å². The molecule has 4 rings (SSSR count). The van der Waals surface area contributed by atoms with Crippen molar-refractivity contribution < 1.29 is 22.6 Å². The van der Waals surface area contributed by atoms with Gasteiger partial charge < -0.3 is 14.2 Å². The van der Waals surface area contributed by atoms with Crippen molar-refractivity contribution in [2.24, 2.45) is 0 Å². The summed E-state index contributed by atoms with van der Waals surface area (Å²) < 4.78 is 48.6. The van der Waals surface area contributed by atoms with Gasteiger partial charge in [-0.3, -0.25) is 9.29 Å². The van der Waals surface area contributed by atoms with E-state index in [2.05, 4.69) is 24.9 Å². The average Bonchev–Trinajstić information content (AvgIpc) is 3.44. The van der Waals surface area contributed by atoms with E-state index in [9.17, 15) is 8.42 Å². The van der Waals surface area contributed by atoms with Crippen molar-refractivity contribution in [3.8, 4) is 17.2 Å². The topological polar surface area (TPSA) is 130 Å². The minimum absolute atomic E-state index is 0.0126. The lowest BCUT2D eigenvalue weighted by molar-refractivity contribution is 0.0360. The number of benzene rings is 1. The van der Waals surface area contributed by atoms with E-state index in [1.807, 2.05) is 13.8 Å². The smallest absolute Gasteiger partial charge is 0.243 e. The number of nitrogens with zero attached hydrogens (tertiary/aromatic N) is 5. The highest BCUT2D eigenvalue weighted by molar-refractivity contribution is 7.93. The first-order valence-corrected chi connectivity index (χ1v) is 13.7. The van der Waals surface area contributed by atoms with Crippen LogP contribution in [0.2, 0.25) is 5.02 Å². The highest BCUT2D eigenvalue weighted by Gasteiger charge is 2.38. The van der Waals surface area contributed by atoms with Crippen LogP contribution in [0.1, 0.15) is 57.6 Å². The highest BCUT2D eigenvalue weighted by Crippen LogP contribution is 2.41. The summed E-state index contributed by atoms with van der Waals surface area (Å²) in [5.41, 5.74) is 0.130. The molecule has 1 N–H and O–H groups in total. The summed E-state index contributed by atoms with van der Waals surface area (Å²) in [5, 5.41) is 8.12. The molecule has 0 radical (unpaired) electrons. The lowest BCUT2D eigenvalue weighted by atomic mass is 9.97. The molecular formula is C24H31ClN6O5S. The predicted octanol–water partition coefficient (Wildman–Crippen LogP) is 3.94. The molecule has 0 bridgehead atoms. The van der Waals surface area contributed by atoms with Crippen LogP contribution in [0.4, 0.5) is 5.95 Å². The van der Waals surface area contributed by atoms with Crippen molar-refractivity contribution >= 4 is 27.6 Å². The summed E-state index contributed by atoms with van der Waals surface area (Å²) in [6, 6.07) is 5.31. The van der Waals surface area contributed by atoms with Gasteiger partial charge in [0.05, 0.1) is 36.7 Å². The fourth-order valence-electron chi connectivity index (χ4n) is 4.36. The minimum atomic E-state index is -3.97. The molecule has 1 aromatic carbocycles. The number of methoxy groups -OCH3 is 2. The third kappa shape index (κ3) is 5.51. The summed E-state index contributed by atoms with van der Waals surface area (Å²) in [6.45, 7) is 7.75. The first kappa shape index (κ1) is 27.1. The zero-order chi connectivity index (χ0) is 27.0. The Balaban J connectivity index is 1.78. The van der Waals surface area contributed by atoms with Gasteiger partial charge in [-0.1, -0.05) is 24.6 Å². The van der Waals surface area contributed by atoms with Crippen LogP contribution in [0.5, 0.6) is 11.5 Å². The van der Waals surface area contributed by atoms with Gasteiger partial charge >= 0.3 is 0 Å². The van der Waals surface area contributed by atoms with Crippen molar-refractivity contribution in [1.29, 1.82) is 0 Å². The average molecular weight is 551 g/mol. The SMILES string of the molecule is COc1cccc(OC)c1-n1c(NS(=O)(=O)[C@@H](C)[C@H](C)c2ncc(Cl)cn2)nnc1[C@H]1COC(C)(C)C1. The Labute approximate surface area is 221 Å². The highest BCUT2D eigenvalue weighted by atomic mass is 35.5. The predicted molar refractivity (Wildman–Crippen MR) is 139 cm³/mol. The van der Waals surface area contributed by atoms with E-state index in [1.54, 1.807) is 36.6 Å². The summed E-state index contributed by atoms with van der Waals surface area (Å²) in [6.07, 6.45) is 3.56. The number of para-hydroxylation sites is 1. The minimum Gasteiger partial charge on any atom is -0.494 e. The number of hydrogen-bond donors (Lipinski definition) is 1. The number of ether oxygens (including phenoxy) is 3. The van der Waals surface area contributed by atoms with Crippen molar-refractivity contribution in [3.63, 3.8) is 0 Å². The van der Waals surface area contributed by atoms with Gasteiger partial charge in [-0.05, 0) is 39.3 Å². The zero-order valence-corrected chi connectivity index (χ0v) is 23.2. The van der Waals surface area contributed by atoms with Crippen LogP contribution in [0.3, 0.4) is 0 Å². The summed E-state index contributed by atoms with van der Waals surface area (Å²) in [5.74, 6) is 1.18. The molecule has 3 atom stereocenters. The second-order valence-corrected chi connectivity index (χ2v) is 12.1. The number of halogens is 1. The number of aromatic nitrogens is 5. The van der Waals surface area contributed by atoms with E-state index in [-0.39, 0.29) is 17.5 Å². The Kier molecular flexibility index (Phi) is 7.63.